The molecule has 3 N–H and O–H groups in total. The minimum absolute atomic E-state index is 0. The molecule has 0 radical (unpaired) electrons. The molecule has 0 aromatic heterocycles. The molecule has 0 aliphatic rings. The number of carboxylic acid groups (broad SMARTS) is 3. The normalized spacial score (nSPS) is 10.5. The molecule has 0 aliphatic heterocycles. The summed E-state index contributed by atoms with van der Waals surface area (Å²) >= 11 is 0. The molecular weight excluding hydrogens is 799 g/mol. The third-order valence-corrected chi connectivity index (χ3v) is 12.0. The van der Waals surface area contributed by atoms with E-state index in [-0.39, 0.29) is 34.7 Å². The van der Waals surface area contributed by atoms with E-state index in [1.54, 1.807) is 0 Å². The number of hydrogen-bond acceptors (Lipinski definition) is 3. The van der Waals surface area contributed by atoms with Gasteiger partial charge in [-0.15, -0.1) is 0 Å². The van der Waals surface area contributed by atoms with Crippen LogP contribution in [0.3, 0.4) is 0 Å². The Labute approximate surface area is 409 Å². The average Bonchev–Trinajstić information content (AvgIpc) is 3.22. The van der Waals surface area contributed by atoms with Crippen LogP contribution in [0.5, 0.6) is 0 Å². The number of carboxylic acids is 3. The molecule has 0 aromatic rings. The molecule has 0 saturated carbocycles. The SMILES string of the molecule is CCCCCCCCCCCCCCCCCC(=O)O.CCCCCCCCCCCCCCCCCC(=O)O.CCCCCCCCCCCCCCCCCC(=O)O.[AlH3].[AlH3]. The van der Waals surface area contributed by atoms with E-state index in [4.69, 9.17) is 15.3 Å². The van der Waals surface area contributed by atoms with Crippen molar-refractivity contribution in [1.82, 2.24) is 0 Å². The molecule has 0 atom stereocenters. The maximum absolute atomic E-state index is 10.3. The Bertz CT molecular complexity index is 722. The van der Waals surface area contributed by atoms with Gasteiger partial charge in [0.25, 0.3) is 0 Å². The van der Waals surface area contributed by atoms with Crippen LogP contribution in [0.2, 0.25) is 0 Å². The molecule has 0 saturated heterocycles. The van der Waals surface area contributed by atoms with Crippen molar-refractivity contribution in [2.75, 3.05) is 0 Å². The third-order valence-electron chi connectivity index (χ3n) is 12.0. The molecule has 372 valence electrons. The average molecular weight is 913 g/mol. The fourth-order valence-electron chi connectivity index (χ4n) is 7.94. The van der Waals surface area contributed by atoms with E-state index in [2.05, 4.69) is 20.8 Å². The van der Waals surface area contributed by atoms with Gasteiger partial charge < -0.3 is 15.3 Å². The van der Waals surface area contributed by atoms with Crippen LogP contribution in [0.1, 0.15) is 329 Å². The van der Waals surface area contributed by atoms with Crippen molar-refractivity contribution in [3.05, 3.63) is 0 Å². The molecule has 0 rings (SSSR count). The molecular formula is C54H114Al2O6. The van der Waals surface area contributed by atoms with Crippen LogP contribution in [-0.2, 0) is 14.4 Å². The summed E-state index contributed by atoms with van der Waals surface area (Å²) in [6.45, 7) is 6.81. The number of aliphatic carboxylic acids is 3. The highest BCUT2D eigenvalue weighted by Crippen LogP contribution is 2.16. The first-order valence-corrected chi connectivity index (χ1v) is 27.0. The number of unbranched alkanes of at least 4 members (excludes halogenated alkanes) is 42. The molecule has 0 unspecified atom stereocenters. The molecule has 0 aliphatic carbocycles. The summed E-state index contributed by atoms with van der Waals surface area (Å²) in [4.78, 5) is 31.0. The van der Waals surface area contributed by atoms with E-state index in [0.29, 0.717) is 19.3 Å². The first kappa shape index (κ1) is 70.5. The largest absolute Gasteiger partial charge is 0.481 e. The lowest BCUT2D eigenvalue weighted by Crippen LogP contribution is -1.93. The van der Waals surface area contributed by atoms with Crippen LogP contribution in [0.4, 0.5) is 0 Å². The second-order valence-electron chi connectivity index (χ2n) is 18.3. The minimum atomic E-state index is -0.653. The fourth-order valence-corrected chi connectivity index (χ4v) is 7.94. The van der Waals surface area contributed by atoms with E-state index >= 15 is 0 Å². The van der Waals surface area contributed by atoms with Crippen molar-refractivity contribution in [2.45, 2.75) is 329 Å². The third kappa shape index (κ3) is 79.8. The van der Waals surface area contributed by atoms with Gasteiger partial charge in [-0.05, 0) is 19.3 Å². The van der Waals surface area contributed by atoms with Gasteiger partial charge in [-0.25, -0.2) is 0 Å². The van der Waals surface area contributed by atoms with E-state index in [1.807, 2.05) is 0 Å². The van der Waals surface area contributed by atoms with Crippen molar-refractivity contribution < 1.29 is 29.7 Å². The van der Waals surface area contributed by atoms with Crippen LogP contribution in [0.15, 0.2) is 0 Å². The standard InChI is InChI=1S/3C18H36O2.2Al.6H/c3*1-2-3-4-5-6-7-8-9-10-11-12-13-14-15-16-17-18(19)20;;;;;;;;/h3*2-17H2,1H3,(H,19,20);;;;;;;;. The summed E-state index contributed by atoms with van der Waals surface area (Å²) in [5.74, 6) is -1.96. The lowest BCUT2D eigenvalue weighted by atomic mass is 10.0. The fraction of sp³-hybridized carbons (Fsp3) is 0.944. The first-order valence-electron chi connectivity index (χ1n) is 27.0. The van der Waals surface area contributed by atoms with Gasteiger partial charge in [0.05, 0.1) is 0 Å². The van der Waals surface area contributed by atoms with Gasteiger partial charge in [-0.1, -0.05) is 290 Å². The lowest BCUT2D eigenvalue weighted by molar-refractivity contribution is -0.138. The lowest BCUT2D eigenvalue weighted by Gasteiger charge is -2.03. The second kappa shape index (κ2) is 67.1. The van der Waals surface area contributed by atoms with Crippen LogP contribution < -0.4 is 0 Å². The highest BCUT2D eigenvalue weighted by molar-refractivity contribution is 5.76. The summed E-state index contributed by atoms with van der Waals surface area (Å²) in [6.07, 6.45) is 60.6. The smallest absolute Gasteiger partial charge is 0.303 e. The predicted octanol–water partition coefficient (Wildman–Crippen LogP) is 16.6. The molecule has 0 amide bonds. The molecule has 0 spiro atoms. The second-order valence-corrected chi connectivity index (χ2v) is 18.3. The molecule has 6 nitrogen and oxygen atoms in total. The van der Waals surface area contributed by atoms with Gasteiger partial charge in [0.2, 0.25) is 0 Å². The zero-order chi connectivity index (χ0) is 44.7. The molecule has 0 aromatic carbocycles. The Morgan fingerprint density at radius 1 is 0.210 bits per heavy atom. The Morgan fingerprint density at radius 2 is 0.306 bits per heavy atom. The summed E-state index contributed by atoms with van der Waals surface area (Å²) in [6, 6.07) is 0. The Balaban J connectivity index is -0.000000258. The zero-order valence-electron chi connectivity index (χ0n) is 41.0. The summed E-state index contributed by atoms with van der Waals surface area (Å²) in [5, 5.41) is 25.6. The summed E-state index contributed by atoms with van der Waals surface area (Å²) in [5.41, 5.74) is 0. The van der Waals surface area contributed by atoms with Crippen molar-refractivity contribution in [2.24, 2.45) is 0 Å². The monoisotopic (exact) mass is 913 g/mol. The van der Waals surface area contributed by atoms with Crippen LogP contribution in [0.25, 0.3) is 0 Å². The van der Waals surface area contributed by atoms with Crippen molar-refractivity contribution in [1.29, 1.82) is 0 Å². The van der Waals surface area contributed by atoms with Gasteiger partial charge in [0.15, 0.2) is 34.7 Å². The Morgan fingerprint density at radius 3 is 0.403 bits per heavy atom. The number of hydrogen-bond donors (Lipinski definition) is 3. The Kier molecular flexibility index (Phi) is 76.3. The van der Waals surface area contributed by atoms with Crippen LogP contribution in [-0.4, -0.2) is 67.9 Å². The van der Waals surface area contributed by atoms with Crippen molar-refractivity contribution in [3.8, 4) is 0 Å². The van der Waals surface area contributed by atoms with Gasteiger partial charge in [0.1, 0.15) is 0 Å². The molecule has 8 heteroatoms. The van der Waals surface area contributed by atoms with Gasteiger partial charge >= 0.3 is 17.9 Å². The maximum Gasteiger partial charge on any atom is 0.303 e. The molecule has 0 fully saturated rings. The predicted molar refractivity (Wildman–Crippen MR) is 281 cm³/mol. The van der Waals surface area contributed by atoms with E-state index < -0.39 is 17.9 Å². The van der Waals surface area contributed by atoms with E-state index in [1.165, 1.54) is 250 Å². The molecule has 0 bridgehead atoms. The van der Waals surface area contributed by atoms with Gasteiger partial charge in [-0.3, -0.25) is 14.4 Å². The number of carbonyl (C=O) groups is 3. The minimum Gasteiger partial charge on any atom is -0.481 e. The highest BCUT2D eigenvalue weighted by Gasteiger charge is 2.00. The maximum atomic E-state index is 10.3. The Hall–Kier alpha value is -0.525. The summed E-state index contributed by atoms with van der Waals surface area (Å²) in [7, 11) is 0. The molecule has 0 heterocycles. The summed E-state index contributed by atoms with van der Waals surface area (Å²) < 4.78 is 0. The van der Waals surface area contributed by atoms with Crippen LogP contribution >= 0.6 is 0 Å². The quantitative estimate of drug-likeness (QED) is 0.0414. The van der Waals surface area contributed by atoms with Crippen LogP contribution in [0, 0.1) is 0 Å². The zero-order valence-corrected chi connectivity index (χ0v) is 41.0. The van der Waals surface area contributed by atoms with Crippen molar-refractivity contribution >= 4 is 52.6 Å². The molecule has 62 heavy (non-hydrogen) atoms. The first-order chi connectivity index (χ1) is 29.3. The van der Waals surface area contributed by atoms with Gasteiger partial charge in [0, 0.05) is 19.3 Å². The van der Waals surface area contributed by atoms with Gasteiger partial charge in [-0.2, -0.15) is 0 Å². The number of rotatable bonds is 48. The van der Waals surface area contributed by atoms with Crippen molar-refractivity contribution in [3.63, 3.8) is 0 Å². The van der Waals surface area contributed by atoms with E-state index in [9.17, 15) is 14.4 Å². The highest BCUT2D eigenvalue weighted by atomic mass is 27.0. The van der Waals surface area contributed by atoms with E-state index in [0.717, 1.165) is 38.5 Å². The topological polar surface area (TPSA) is 112 Å².